The van der Waals surface area contributed by atoms with Crippen LogP contribution in [0.3, 0.4) is 0 Å². The van der Waals surface area contributed by atoms with Crippen molar-refractivity contribution >= 4 is 23.6 Å². The molecule has 0 fully saturated rings. The summed E-state index contributed by atoms with van der Waals surface area (Å²) in [6.07, 6.45) is 0.0175. The number of benzene rings is 2. The van der Waals surface area contributed by atoms with Gasteiger partial charge in [0.1, 0.15) is 11.8 Å². The number of aryl methyl sites for hydroxylation is 1. The monoisotopic (exact) mass is 593 g/mol. The van der Waals surface area contributed by atoms with Crippen LogP contribution in [0.1, 0.15) is 37.2 Å². The van der Waals surface area contributed by atoms with Crippen molar-refractivity contribution in [1.29, 1.82) is 0 Å². The summed E-state index contributed by atoms with van der Waals surface area (Å²) in [6, 6.07) is 12.6. The number of aromatic nitrogens is 2. The summed E-state index contributed by atoms with van der Waals surface area (Å²) in [4.78, 5) is 57.0. The molecule has 0 aliphatic heterocycles. The molecule has 0 aliphatic rings. The van der Waals surface area contributed by atoms with E-state index < -0.39 is 42.1 Å². The molecule has 230 valence electrons. The number of carbonyl (C=O) groups excluding carboxylic acids is 3. The van der Waals surface area contributed by atoms with E-state index in [1.807, 2.05) is 30.3 Å². The number of hydrogen-bond acceptors (Lipinski definition) is 9. The third-order valence-corrected chi connectivity index (χ3v) is 6.81. The average molecular weight is 594 g/mol. The van der Waals surface area contributed by atoms with Gasteiger partial charge in [-0.3, -0.25) is 24.1 Å². The number of likely N-dealkylation sites (N-methyl/N-ethyl adjacent to an activating group) is 1. The number of nitrogens with zero attached hydrogens (tertiary/aromatic N) is 3. The van der Waals surface area contributed by atoms with Crippen LogP contribution in [0.5, 0.6) is 5.75 Å². The SMILES string of the molecule is COc1ccc(-c2nc(C)no2)cc1CC(=O)N[C@H](C(=O)N[C@@H](CC(=O)O)C(=O)CN(C)CCc1ccccc1)C(C)C. The standard InChI is InChI=1S/C31H39N5O7/c1-19(2)29(34-27(38)16-23-15-22(11-12-26(23)42-5)31-32-20(3)35-43-31)30(41)33-24(17-28(39)40)25(37)18-36(4)14-13-21-9-7-6-8-10-21/h6-12,15,19,24,29H,13-14,16-18H2,1-5H3,(H,33,41)(H,34,38)(H,39,40)/t24-,29-/m0/s1. The first-order valence-corrected chi connectivity index (χ1v) is 14.0. The maximum Gasteiger partial charge on any atom is 0.305 e. The number of ether oxygens (including phenoxy) is 1. The van der Waals surface area contributed by atoms with Crippen molar-refractivity contribution in [2.45, 2.75) is 52.1 Å². The highest BCUT2D eigenvalue weighted by atomic mass is 16.5. The van der Waals surface area contributed by atoms with Gasteiger partial charge in [-0.25, -0.2) is 0 Å². The lowest BCUT2D eigenvalue weighted by molar-refractivity contribution is -0.141. The Hall–Kier alpha value is -4.58. The summed E-state index contributed by atoms with van der Waals surface area (Å²) in [7, 11) is 3.25. The van der Waals surface area contributed by atoms with Crippen molar-refractivity contribution in [2.75, 3.05) is 27.2 Å². The molecule has 0 aliphatic carbocycles. The number of Topliss-reactive ketones (excluding diaryl/α,β-unsaturated/α-hetero) is 1. The van der Waals surface area contributed by atoms with Gasteiger partial charge in [0.05, 0.1) is 32.5 Å². The van der Waals surface area contributed by atoms with Gasteiger partial charge in [-0.05, 0) is 50.1 Å². The summed E-state index contributed by atoms with van der Waals surface area (Å²) < 4.78 is 10.6. The Balaban J connectivity index is 1.66. The molecule has 0 radical (unpaired) electrons. The van der Waals surface area contributed by atoms with E-state index in [-0.39, 0.29) is 18.9 Å². The molecule has 2 aromatic carbocycles. The third kappa shape index (κ3) is 10.0. The number of aliphatic carboxylic acids is 1. The van der Waals surface area contributed by atoms with Gasteiger partial charge in [0, 0.05) is 17.7 Å². The molecule has 2 atom stereocenters. The van der Waals surface area contributed by atoms with Crippen LogP contribution in [0.15, 0.2) is 53.1 Å². The lowest BCUT2D eigenvalue weighted by atomic mass is 10.0. The van der Waals surface area contributed by atoms with Crippen LogP contribution in [-0.2, 0) is 32.0 Å². The predicted octanol–water partition coefficient (Wildman–Crippen LogP) is 2.44. The van der Waals surface area contributed by atoms with E-state index in [0.717, 1.165) is 5.56 Å². The summed E-state index contributed by atoms with van der Waals surface area (Å²) in [5, 5.41) is 18.5. The first kappa shape index (κ1) is 32.9. The van der Waals surface area contributed by atoms with Crippen LogP contribution in [0.4, 0.5) is 0 Å². The topological polar surface area (TPSA) is 164 Å². The molecule has 0 unspecified atom stereocenters. The Bertz CT molecular complexity index is 1410. The van der Waals surface area contributed by atoms with Gasteiger partial charge in [-0.1, -0.05) is 49.3 Å². The third-order valence-electron chi connectivity index (χ3n) is 6.81. The highest BCUT2D eigenvalue weighted by molar-refractivity contribution is 5.95. The van der Waals surface area contributed by atoms with Crippen molar-refractivity contribution in [3.8, 4) is 17.2 Å². The second-order valence-electron chi connectivity index (χ2n) is 10.7. The maximum atomic E-state index is 13.3. The second-order valence-corrected chi connectivity index (χ2v) is 10.7. The lowest BCUT2D eigenvalue weighted by Gasteiger charge is -2.26. The number of nitrogens with one attached hydrogen (secondary N) is 2. The first-order valence-electron chi connectivity index (χ1n) is 14.0. The molecule has 12 heteroatoms. The first-order chi connectivity index (χ1) is 20.5. The molecule has 0 saturated carbocycles. The van der Waals surface area contributed by atoms with E-state index in [1.165, 1.54) is 7.11 Å². The maximum absolute atomic E-state index is 13.3. The number of amides is 2. The summed E-state index contributed by atoms with van der Waals surface area (Å²) in [6.45, 7) is 5.72. The number of carboxylic acid groups (broad SMARTS) is 1. The summed E-state index contributed by atoms with van der Waals surface area (Å²) >= 11 is 0. The van der Waals surface area contributed by atoms with E-state index >= 15 is 0 Å². The normalized spacial score (nSPS) is 12.5. The quantitative estimate of drug-likeness (QED) is 0.225. The van der Waals surface area contributed by atoms with Gasteiger partial charge in [0.25, 0.3) is 5.89 Å². The van der Waals surface area contributed by atoms with E-state index in [1.54, 1.807) is 50.9 Å². The number of ketones is 1. The molecule has 1 aromatic heterocycles. The highest BCUT2D eigenvalue weighted by Gasteiger charge is 2.30. The zero-order valence-electron chi connectivity index (χ0n) is 25.1. The fraction of sp³-hybridized carbons (Fsp3) is 0.419. The molecule has 3 rings (SSSR count). The molecule has 3 N–H and O–H groups in total. The van der Waals surface area contributed by atoms with Crippen LogP contribution in [0.2, 0.25) is 0 Å². The van der Waals surface area contributed by atoms with Gasteiger partial charge in [-0.15, -0.1) is 0 Å². The number of carbonyl (C=O) groups is 4. The predicted molar refractivity (Wildman–Crippen MR) is 158 cm³/mol. The van der Waals surface area contributed by atoms with Crippen molar-refractivity contribution in [1.82, 2.24) is 25.7 Å². The van der Waals surface area contributed by atoms with E-state index in [0.29, 0.717) is 41.6 Å². The van der Waals surface area contributed by atoms with Crippen LogP contribution in [0.25, 0.3) is 11.5 Å². The zero-order chi connectivity index (χ0) is 31.5. The van der Waals surface area contributed by atoms with Crippen LogP contribution < -0.4 is 15.4 Å². The van der Waals surface area contributed by atoms with E-state index in [4.69, 9.17) is 9.26 Å². The largest absolute Gasteiger partial charge is 0.496 e. The van der Waals surface area contributed by atoms with Gasteiger partial charge in [-0.2, -0.15) is 4.98 Å². The average Bonchev–Trinajstić information content (AvgIpc) is 3.40. The Morgan fingerprint density at radius 2 is 1.79 bits per heavy atom. The molecule has 0 spiro atoms. The van der Waals surface area contributed by atoms with E-state index in [2.05, 4.69) is 20.8 Å². The number of carboxylic acids is 1. The Labute approximate surface area is 250 Å². The number of rotatable bonds is 16. The van der Waals surface area contributed by atoms with Gasteiger partial charge in [0.2, 0.25) is 11.8 Å². The van der Waals surface area contributed by atoms with Crippen molar-refractivity contribution < 1.29 is 33.5 Å². The molecular weight excluding hydrogens is 554 g/mol. The van der Waals surface area contributed by atoms with Crippen molar-refractivity contribution in [2.24, 2.45) is 5.92 Å². The van der Waals surface area contributed by atoms with Gasteiger partial charge in [0.15, 0.2) is 11.6 Å². The zero-order valence-corrected chi connectivity index (χ0v) is 25.1. The number of methoxy groups -OCH3 is 1. The van der Waals surface area contributed by atoms with Crippen molar-refractivity contribution in [3.05, 3.63) is 65.5 Å². The van der Waals surface area contributed by atoms with Crippen LogP contribution in [0, 0.1) is 12.8 Å². The smallest absolute Gasteiger partial charge is 0.305 e. The van der Waals surface area contributed by atoms with Gasteiger partial charge >= 0.3 is 5.97 Å². The molecule has 43 heavy (non-hydrogen) atoms. The highest BCUT2D eigenvalue weighted by Crippen LogP contribution is 2.26. The minimum atomic E-state index is -1.25. The fourth-order valence-corrected chi connectivity index (χ4v) is 4.50. The van der Waals surface area contributed by atoms with Gasteiger partial charge < -0.3 is 25.0 Å². The molecule has 0 bridgehead atoms. The lowest BCUT2D eigenvalue weighted by Crippen LogP contribution is -2.55. The van der Waals surface area contributed by atoms with Crippen LogP contribution >= 0.6 is 0 Å². The molecule has 0 saturated heterocycles. The molecule has 1 heterocycles. The molecule has 2 amide bonds. The fourth-order valence-electron chi connectivity index (χ4n) is 4.50. The van der Waals surface area contributed by atoms with E-state index in [9.17, 15) is 24.3 Å². The number of hydrogen-bond donors (Lipinski definition) is 3. The second kappa shape index (κ2) is 15.6. The van der Waals surface area contributed by atoms with Crippen LogP contribution in [-0.4, -0.2) is 83.0 Å². The molecular formula is C31H39N5O7. The minimum Gasteiger partial charge on any atom is -0.496 e. The van der Waals surface area contributed by atoms with Crippen molar-refractivity contribution in [3.63, 3.8) is 0 Å². The summed E-state index contributed by atoms with van der Waals surface area (Å²) in [5.41, 5.74) is 2.25. The molecule has 12 nitrogen and oxygen atoms in total. The summed E-state index contributed by atoms with van der Waals surface area (Å²) in [5.74, 6) is -1.89. The Morgan fingerprint density at radius 3 is 2.40 bits per heavy atom. The Morgan fingerprint density at radius 1 is 1.07 bits per heavy atom. The Kier molecular flexibility index (Phi) is 11.9. The molecule has 3 aromatic rings. The minimum absolute atomic E-state index is 0.0422.